The maximum atomic E-state index is 11.5. The lowest BCUT2D eigenvalue weighted by Crippen LogP contribution is -2.38. The summed E-state index contributed by atoms with van der Waals surface area (Å²) in [5.41, 5.74) is 0. The van der Waals surface area contributed by atoms with E-state index in [1.54, 1.807) is 11.9 Å². The summed E-state index contributed by atoms with van der Waals surface area (Å²) in [6, 6.07) is 0. The summed E-state index contributed by atoms with van der Waals surface area (Å²) in [5, 5.41) is 0. The van der Waals surface area contributed by atoms with E-state index in [1.807, 2.05) is 0 Å². The Balaban J connectivity index is 2.47. The topological polar surface area (TPSA) is 63.7 Å². The summed E-state index contributed by atoms with van der Waals surface area (Å²) in [4.78, 5) is 35.3. The van der Waals surface area contributed by atoms with Crippen LogP contribution in [0.2, 0.25) is 0 Å². The highest BCUT2D eigenvalue weighted by Crippen LogP contribution is 2.19. The zero-order valence-electron chi connectivity index (χ0n) is 8.99. The van der Waals surface area contributed by atoms with Gasteiger partial charge in [-0.25, -0.2) is 0 Å². The molecule has 0 aliphatic carbocycles. The van der Waals surface area contributed by atoms with Crippen molar-refractivity contribution in [3.63, 3.8) is 0 Å². The first-order valence-electron chi connectivity index (χ1n) is 4.88. The van der Waals surface area contributed by atoms with Crippen LogP contribution in [0.1, 0.15) is 19.3 Å². The molecule has 1 atom stereocenters. The number of likely N-dealkylation sites (tertiary alicyclic amines) is 1. The summed E-state index contributed by atoms with van der Waals surface area (Å²) in [7, 11) is 2.96. The third-order valence-electron chi connectivity index (χ3n) is 2.66. The van der Waals surface area contributed by atoms with Crippen LogP contribution in [0, 0.1) is 5.92 Å². The van der Waals surface area contributed by atoms with Crippen molar-refractivity contribution >= 4 is 17.7 Å². The van der Waals surface area contributed by atoms with Crippen molar-refractivity contribution in [1.29, 1.82) is 0 Å². The Kier molecular flexibility index (Phi) is 3.82. The number of ketones is 1. The number of amides is 1. The van der Waals surface area contributed by atoms with Crippen molar-refractivity contribution in [1.82, 2.24) is 4.90 Å². The fourth-order valence-corrected chi connectivity index (χ4v) is 1.58. The summed E-state index contributed by atoms with van der Waals surface area (Å²) in [6.07, 6.45) is 0.628. The number of ether oxygens (including phenoxy) is 1. The van der Waals surface area contributed by atoms with Gasteiger partial charge in [-0.3, -0.25) is 14.4 Å². The Morgan fingerprint density at radius 2 is 2.20 bits per heavy atom. The van der Waals surface area contributed by atoms with Crippen LogP contribution in [0.4, 0.5) is 0 Å². The molecule has 1 aliphatic rings. The number of Topliss-reactive ketones (excluding diaryl/α,β-unsaturated/α-hetero) is 1. The van der Waals surface area contributed by atoms with Crippen molar-refractivity contribution < 1.29 is 19.1 Å². The molecule has 1 fully saturated rings. The van der Waals surface area contributed by atoms with Crippen LogP contribution < -0.4 is 0 Å². The summed E-state index contributed by atoms with van der Waals surface area (Å²) in [5.74, 6) is -1.08. The van der Waals surface area contributed by atoms with Gasteiger partial charge < -0.3 is 9.64 Å². The highest BCUT2D eigenvalue weighted by molar-refractivity contribution is 5.98. The quantitative estimate of drug-likeness (QED) is 0.488. The largest absolute Gasteiger partial charge is 0.469 e. The first-order chi connectivity index (χ1) is 7.04. The van der Waals surface area contributed by atoms with Gasteiger partial charge >= 0.3 is 5.97 Å². The van der Waals surface area contributed by atoms with Gasteiger partial charge in [-0.1, -0.05) is 0 Å². The van der Waals surface area contributed by atoms with Crippen LogP contribution >= 0.6 is 0 Å². The summed E-state index contributed by atoms with van der Waals surface area (Å²) in [6.45, 7) is 0.580. The second-order valence-electron chi connectivity index (χ2n) is 3.72. The fraction of sp³-hybridized carbons (Fsp3) is 0.700. The third kappa shape index (κ3) is 3.04. The minimum Gasteiger partial charge on any atom is -0.469 e. The average Bonchev–Trinajstić information content (AvgIpc) is 2.21. The molecule has 15 heavy (non-hydrogen) atoms. The van der Waals surface area contributed by atoms with Crippen LogP contribution in [0.5, 0.6) is 0 Å². The Hall–Kier alpha value is -1.39. The predicted molar refractivity (Wildman–Crippen MR) is 52.0 cm³/mol. The average molecular weight is 213 g/mol. The number of piperidine rings is 1. The minimum atomic E-state index is -0.536. The third-order valence-corrected chi connectivity index (χ3v) is 2.66. The predicted octanol–water partition coefficient (Wildman–Crippen LogP) is -0.0130. The van der Waals surface area contributed by atoms with Gasteiger partial charge in [-0.2, -0.15) is 0 Å². The van der Waals surface area contributed by atoms with Crippen LogP contribution in [0.3, 0.4) is 0 Å². The van der Waals surface area contributed by atoms with Crippen LogP contribution in [-0.4, -0.2) is 43.3 Å². The number of hydrogen-bond donors (Lipinski definition) is 0. The van der Waals surface area contributed by atoms with E-state index in [0.717, 1.165) is 0 Å². The molecule has 0 aromatic carbocycles. The second kappa shape index (κ2) is 4.91. The minimum absolute atomic E-state index is 0.0375. The molecule has 0 radical (unpaired) electrons. The number of carbonyl (C=O) groups is 3. The lowest BCUT2D eigenvalue weighted by Gasteiger charge is -2.27. The first kappa shape index (κ1) is 11.7. The zero-order valence-corrected chi connectivity index (χ0v) is 8.99. The Morgan fingerprint density at radius 1 is 1.53 bits per heavy atom. The molecule has 1 unspecified atom stereocenters. The smallest absolute Gasteiger partial charge is 0.313 e. The van der Waals surface area contributed by atoms with Crippen LogP contribution in [0.25, 0.3) is 0 Å². The number of esters is 1. The second-order valence-corrected chi connectivity index (χ2v) is 3.72. The van der Waals surface area contributed by atoms with Crippen molar-refractivity contribution in [3.8, 4) is 0 Å². The molecular weight excluding hydrogens is 198 g/mol. The highest BCUT2D eigenvalue weighted by atomic mass is 16.5. The van der Waals surface area contributed by atoms with Gasteiger partial charge in [0.15, 0.2) is 0 Å². The molecular formula is C10H15NO4. The molecule has 1 rings (SSSR count). The molecule has 1 aliphatic heterocycles. The summed E-state index contributed by atoms with van der Waals surface area (Å²) >= 11 is 0. The lowest BCUT2D eigenvalue weighted by atomic mass is 9.91. The van der Waals surface area contributed by atoms with E-state index in [9.17, 15) is 14.4 Å². The van der Waals surface area contributed by atoms with Crippen molar-refractivity contribution in [2.75, 3.05) is 20.7 Å². The maximum Gasteiger partial charge on any atom is 0.313 e. The molecule has 0 spiro atoms. The molecule has 1 amide bonds. The molecule has 1 saturated heterocycles. The molecule has 5 nitrogen and oxygen atoms in total. The maximum absolute atomic E-state index is 11.5. The van der Waals surface area contributed by atoms with E-state index in [4.69, 9.17) is 0 Å². The van der Waals surface area contributed by atoms with E-state index in [2.05, 4.69) is 4.74 Å². The number of carbonyl (C=O) groups excluding carboxylic acids is 3. The Labute approximate surface area is 88.4 Å². The number of nitrogens with zero attached hydrogens (tertiary/aromatic N) is 1. The monoisotopic (exact) mass is 213 g/mol. The molecule has 0 N–H and O–H groups in total. The molecule has 5 heteroatoms. The highest BCUT2D eigenvalue weighted by Gasteiger charge is 2.29. The van der Waals surface area contributed by atoms with Gasteiger partial charge in [0.2, 0.25) is 5.91 Å². The zero-order chi connectivity index (χ0) is 11.4. The van der Waals surface area contributed by atoms with Gasteiger partial charge in [0, 0.05) is 25.9 Å². The van der Waals surface area contributed by atoms with Crippen LogP contribution in [0.15, 0.2) is 0 Å². The Bertz CT molecular complexity index is 287. The van der Waals surface area contributed by atoms with E-state index in [1.165, 1.54) is 7.11 Å². The van der Waals surface area contributed by atoms with E-state index >= 15 is 0 Å². The standard InChI is InChI=1S/C10H15NO4/c1-11-4-3-7(5-9(11)13)8(12)6-10(14)15-2/h7H,3-6H2,1-2H3. The lowest BCUT2D eigenvalue weighted by molar-refractivity contribution is -0.146. The number of hydrogen-bond acceptors (Lipinski definition) is 4. The van der Waals surface area contributed by atoms with E-state index in [-0.39, 0.29) is 30.4 Å². The molecule has 0 bridgehead atoms. The van der Waals surface area contributed by atoms with Gasteiger partial charge in [-0.05, 0) is 6.42 Å². The van der Waals surface area contributed by atoms with Gasteiger partial charge in [0.25, 0.3) is 0 Å². The first-order valence-corrected chi connectivity index (χ1v) is 4.88. The van der Waals surface area contributed by atoms with Crippen molar-refractivity contribution in [3.05, 3.63) is 0 Å². The number of methoxy groups -OCH3 is 1. The van der Waals surface area contributed by atoms with Crippen molar-refractivity contribution in [2.45, 2.75) is 19.3 Å². The van der Waals surface area contributed by atoms with E-state index in [0.29, 0.717) is 13.0 Å². The SMILES string of the molecule is COC(=O)CC(=O)C1CCN(C)C(=O)C1. The normalized spacial score (nSPS) is 21.3. The molecule has 0 aromatic rings. The van der Waals surface area contributed by atoms with Crippen LogP contribution in [-0.2, 0) is 19.1 Å². The van der Waals surface area contributed by atoms with E-state index < -0.39 is 5.97 Å². The van der Waals surface area contributed by atoms with Gasteiger partial charge in [0.1, 0.15) is 12.2 Å². The summed E-state index contributed by atoms with van der Waals surface area (Å²) < 4.78 is 4.40. The fourth-order valence-electron chi connectivity index (χ4n) is 1.58. The van der Waals surface area contributed by atoms with Gasteiger partial charge in [-0.15, -0.1) is 0 Å². The Morgan fingerprint density at radius 3 is 2.73 bits per heavy atom. The molecule has 0 aromatic heterocycles. The van der Waals surface area contributed by atoms with Crippen molar-refractivity contribution in [2.24, 2.45) is 5.92 Å². The number of rotatable bonds is 3. The van der Waals surface area contributed by atoms with Gasteiger partial charge in [0.05, 0.1) is 7.11 Å². The molecule has 0 saturated carbocycles. The molecule has 1 heterocycles. The molecule has 84 valence electrons.